The van der Waals surface area contributed by atoms with Crippen molar-refractivity contribution in [2.24, 2.45) is 0 Å². The molecule has 1 aromatic carbocycles. The van der Waals surface area contributed by atoms with E-state index < -0.39 is 28.3 Å². The Labute approximate surface area is 168 Å². The number of sulfonamides is 1. The molecule has 0 radical (unpaired) electrons. The molecule has 0 atom stereocenters. The highest BCUT2D eigenvalue weighted by Crippen LogP contribution is 2.37. The number of carbonyl (C=O) groups is 1. The van der Waals surface area contributed by atoms with Crippen molar-refractivity contribution in [1.29, 1.82) is 0 Å². The van der Waals surface area contributed by atoms with E-state index in [1.807, 2.05) is 41.5 Å². The zero-order valence-corrected chi connectivity index (χ0v) is 18.6. The largest absolute Gasteiger partial charge is 0.496 e. The van der Waals surface area contributed by atoms with E-state index >= 15 is 0 Å². The van der Waals surface area contributed by atoms with E-state index in [2.05, 4.69) is 10.0 Å². The molecule has 7 nitrogen and oxygen atoms in total. The first kappa shape index (κ1) is 22.9. The summed E-state index contributed by atoms with van der Waals surface area (Å²) in [6.45, 7) is 13.4. The summed E-state index contributed by atoms with van der Waals surface area (Å²) in [4.78, 5) is 12.2. The van der Waals surface area contributed by atoms with Crippen molar-refractivity contribution >= 4 is 28.5 Å². The van der Waals surface area contributed by atoms with Gasteiger partial charge in [0.05, 0.1) is 22.5 Å². The molecule has 0 aliphatic carbocycles. The highest BCUT2D eigenvalue weighted by atomic mass is 32.2. The van der Waals surface area contributed by atoms with Crippen LogP contribution in [0.2, 0.25) is 0 Å². The number of nitrogens with one attached hydrogen (secondary N) is 2. The number of carbonyl (C=O) groups excluding carboxylic acids is 1. The molecule has 28 heavy (non-hydrogen) atoms. The van der Waals surface area contributed by atoms with Crippen molar-refractivity contribution in [2.45, 2.75) is 77.0 Å². The molecule has 156 valence electrons. The predicted octanol–water partition coefficient (Wildman–Crippen LogP) is 1.35. The summed E-state index contributed by atoms with van der Waals surface area (Å²) >= 11 is 0. The standard InChI is InChI=1S/C19H31BN2O5S/c1-8-21-28(24,25)16-11-14(12-17(23)22-13(2)3)9-10-15(16)20-26-18(4,5)19(6,7)27-20/h9-11,13,21H,8,12H2,1-7H3,(H,22,23). The van der Waals surface area contributed by atoms with Crippen LogP contribution in [0, 0.1) is 0 Å². The Balaban J connectivity index is 2.45. The highest BCUT2D eigenvalue weighted by molar-refractivity contribution is 7.89. The summed E-state index contributed by atoms with van der Waals surface area (Å²) in [5, 5.41) is 2.81. The molecule has 1 aliphatic rings. The van der Waals surface area contributed by atoms with Crippen molar-refractivity contribution < 1.29 is 22.5 Å². The number of hydrogen-bond donors (Lipinski definition) is 2. The molecule has 1 fully saturated rings. The molecule has 1 aromatic rings. The van der Waals surface area contributed by atoms with E-state index in [0.717, 1.165) is 0 Å². The van der Waals surface area contributed by atoms with Gasteiger partial charge in [-0.25, -0.2) is 13.1 Å². The van der Waals surface area contributed by atoms with Gasteiger partial charge >= 0.3 is 7.12 Å². The normalized spacial score (nSPS) is 18.5. The van der Waals surface area contributed by atoms with Gasteiger partial charge in [0.25, 0.3) is 0 Å². The number of rotatable bonds is 7. The molecule has 0 unspecified atom stereocenters. The molecule has 0 spiro atoms. The summed E-state index contributed by atoms with van der Waals surface area (Å²) in [6, 6.07) is 4.95. The molecule has 9 heteroatoms. The third-order valence-electron chi connectivity index (χ3n) is 5.02. The zero-order chi connectivity index (χ0) is 21.3. The first-order valence-corrected chi connectivity index (χ1v) is 11.0. The second-order valence-corrected chi connectivity index (χ2v) is 10.1. The minimum Gasteiger partial charge on any atom is -0.399 e. The molecule has 1 aliphatic heterocycles. The van der Waals surface area contributed by atoms with Crippen molar-refractivity contribution in [3.05, 3.63) is 23.8 Å². The van der Waals surface area contributed by atoms with E-state index in [-0.39, 0.29) is 29.8 Å². The predicted molar refractivity (Wildman–Crippen MR) is 110 cm³/mol. The van der Waals surface area contributed by atoms with E-state index in [4.69, 9.17) is 9.31 Å². The Kier molecular flexibility index (Phi) is 6.65. The fourth-order valence-electron chi connectivity index (χ4n) is 2.91. The lowest BCUT2D eigenvalue weighted by Gasteiger charge is -2.32. The van der Waals surface area contributed by atoms with Crippen LogP contribution >= 0.6 is 0 Å². The molecule has 1 heterocycles. The summed E-state index contributed by atoms with van der Waals surface area (Å²) in [5.74, 6) is -0.162. The Morgan fingerprint density at radius 1 is 1.14 bits per heavy atom. The van der Waals surface area contributed by atoms with Gasteiger partial charge in [0.15, 0.2) is 0 Å². The van der Waals surface area contributed by atoms with Gasteiger partial charge in [-0.05, 0) is 53.2 Å². The first-order chi connectivity index (χ1) is 12.8. The molecule has 1 saturated heterocycles. The Bertz CT molecular complexity index is 821. The average Bonchev–Trinajstić information content (AvgIpc) is 2.74. The smallest absolute Gasteiger partial charge is 0.399 e. The first-order valence-electron chi connectivity index (χ1n) is 9.56. The van der Waals surface area contributed by atoms with Gasteiger partial charge < -0.3 is 14.6 Å². The molecule has 2 N–H and O–H groups in total. The quantitative estimate of drug-likeness (QED) is 0.662. The lowest BCUT2D eigenvalue weighted by Crippen LogP contribution is -2.41. The summed E-state index contributed by atoms with van der Waals surface area (Å²) in [6.07, 6.45) is 0.0937. The van der Waals surface area contributed by atoms with Crippen LogP contribution in [0.15, 0.2) is 23.1 Å². The number of hydrogen-bond acceptors (Lipinski definition) is 5. The van der Waals surface area contributed by atoms with Gasteiger partial charge in [-0.1, -0.05) is 19.1 Å². The second kappa shape index (κ2) is 8.14. The van der Waals surface area contributed by atoms with Crippen LogP contribution in [0.25, 0.3) is 0 Å². The summed E-state index contributed by atoms with van der Waals surface area (Å²) < 4.78 is 40.3. The third-order valence-corrected chi connectivity index (χ3v) is 6.62. The van der Waals surface area contributed by atoms with Crippen molar-refractivity contribution in [3.8, 4) is 0 Å². The second-order valence-electron chi connectivity index (χ2n) is 8.36. The molecule has 2 rings (SSSR count). The fourth-order valence-corrected chi connectivity index (χ4v) is 4.23. The Morgan fingerprint density at radius 3 is 2.21 bits per heavy atom. The van der Waals surface area contributed by atoms with Crippen LogP contribution in [0.3, 0.4) is 0 Å². The third kappa shape index (κ3) is 4.95. The maximum atomic E-state index is 12.8. The van der Waals surface area contributed by atoms with E-state index in [1.165, 1.54) is 6.07 Å². The maximum Gasteiger partial charge on any atom is 0.496 e. The highest BCUT2D eigenvalue weighted by Gasteiger charge is 2.52. The minimum absolute atomic E-state index is 0.0153. The lowest BCUT2D eigenvalue weighted by atomic mass is 9.78. The van der Waals surface area contributed by atoms with Crippen LogP contribution in [0.4, 0.5) is 0 Å². The zero-order valence-electron chi connectivity index (χ0n) is 17.8. The van der Waals surface area contributed by atoms with E-state index in [9.17, 15) is 13.2 Å². The van der Waals surface area contributed by atoms with Gasteiger partial charge in [-0.2, -0.15) is 0 Å². The monoisotopic (exact) mass is 410 g/mol. The minimum atomic E-state index is -3.78. The van der Waals surface area contributed by atoms with Gasteiger partial charge in [0.1, 0.15) is 0 Å². The Hall–Kier alpha value is -1.42. The topological polar surface area (TPSA) is 93.7 Å². The fraction of sp³-hybridized carbons (Fsp3) is 0.632. The molecular formula is C19H31BN2O5S. The summed E-state index contributed by atoms with van der Waals surface area (Å²) in [7, 11) is -4.59. The molecule has 0 saturated carbocycles. The molecule has 0 aromatic heterocycles. The maximum absolute atomic E-state index is 12.8. The van der Waals surface area contributed by atoms with Gasteiger partial charge in [0, 0.05) is 18.0 Å². The van der Waals surface area contributed by atoms with Crippen LogP contribution in [-0.4, -0.2) is 45.2 Å². The molecular weight excluding hydrogens is 379 g/mol. The average molecular weight is 410 g/mol. The van der Waals surface area contributed by atoms with Crippen molar-refractivity contribution in [1.82, 2.24) is 10.0 Å². The number of benzene rings is 1. The lowest BCUT2D eigenvalue weighted by molar-refractivity contribution is -0.120. The van der Waals surface area contributed by atoms with Crippen LogP contribution in [0.5, 0.6) is 0 Å². The van der Waals surface area contributed by atoms with Gasteiger partial charge in [-0.15, -0.1) is 0 Å². The summed E-state index contributed by atoms with van der Waals surface area (Å²) in [5.41, 5.74) is -0.151. The Morgan fingerprint density at radius 2 is 1.71 bits per heavy atom. The van der Waals surface area contributed by atoms with Gasteiger partial charge in [0.2, 0.25) is 15.9 Å². The van der Waals surface area contributed by atoms with Crippen LogP contribution in [0.1, 0.15) is 54.0 Å². The molecule has 0 bridgehead atoms. The van der Waals surface area contributed by atoms with Crippen molar-refractivity contribution in [2.75, 3.05) is 6.54 Å². The number of amides is 1. The van der Waals surface area contributed by atoms with Crippen LogP contribution < -0.4 is 15.5 Å². The SMILES string of the molecule is CCNS(=O)(=O)c1cc(CC(=O)NC(C)C)ccc1B1OC(C)(C)C(C)(C)O1. The van der Waals surface area contributed by atoms with E-state index in [0.29, 0.717) is 11.0 Å². The van der Waals surface area contributed by atoms with Crippen LogP contribution in [-0.2, 0) is 30.5 Å². The van der Waals surface area contributed by atoms with Crippen molar-refractivity contribution in [3.63, 3.8) is 0 Å². The van der Waals surface area contributed by atoms with Gasteiger partial charge in [-0.3, -0.25) is 4.79 Å². The van der Waals surface area contributed by atoms with E-state index in [1.54, 1.807) is 19.1 Å². The molecule has 1 amide bonds.